The first-order valence-electron chi connectivity index (χ1n) is 4.57. The van der Waals surface area contributed by atoms with Gasteiger partial charge in [-0.15, -0.1) is 0 Å². The molecule has 0 spiro atoms. The van der Waals surface area contributed by atoms with Crippen LogP contribution in [-0.4, -0.2) is 12.2 Å². The van der Waals surface area contributed by atoms with Gasteiger partial charge in [-0.1, -0.05) is 19.9 Å². The van der Waals surface area contributed by atoms with Gasteiger partial charge in [-0.3, -0.25) is 0 Å². The molecule has 0 aliphatic heterocycles. The van der Waals surface area contributed by atoms with Crippen molar-refractivity contribution < 1.29 is 9.84 Å². The third-order valence-electron chi connectivity index (χ3n) is 2.15. The minimum atomic E-state index is -0.433. The van der Waals surface area contributed by atoms with Gasteiger partial charge in [-0.2, -0.15) is 0 Å². The highest BCUT2D eigenvalue weighted by Crippen LogP contribution is 2.30. The molecule has 14 heavy (non-hydrogen) atoms. The van der Waals surface area contributed by atoms with Gasteiger partial charge in [0.1, 0.15) is 5.75 Å². The van der Waals surface area contributed by atoms with E-state index in [1.165, 1.54) is 0 Å². The van der Waals surface area contributed by atoms with Crippen LogP contribution >= 0.6 is 15.9 Å². The molecular weight excluding hydrogens is 244 g/mol. The molecular formula is C11H15BrO2. The molecule has 0 saturated heterocycles. The lowest BCUT2D eigenvalue weighted by molar-refractivity contribution is 0.126. The van der Waals surface area contributed by atoms with Crippen molar-refractivity contribution in [2.24, 2.45) is 5.92 Å². The summed E-state index contributed by atoms with van der Waals surface area (Å²) < 4.78 is 6.06. The maximum absolute atomic E-state index is 9.84. The molecule has 2 nitrogen and oxygen atoms in total. The lowest BCUT2D eigenvalue weighted by Gasteiger charge is -2.16. The highest BCUT2D eigenvalue weighted by molar-refractivity contribution is 9.10. The second kappa shape index (κ2) is 4.80. The molecule has 0 aromatic heterocycles. The van der Waals surface area contributed by atoms with Crippen LogP contribution in [0.1, 0.15) is 25.5 Å². The minimum Gasteiger partial charge on any atom is -0.496 e. The summed E-state index contributed by atoms with van der Waals surface area (Å²) in [5.74, 6) is 0.961. The van der Waals surface area contributed by atoms with Crippen LogP contribution < -0.4 is 4.74 Å². The van der Waals surface area contributed by atoms with E-state index in [9.17, 15) is 5.11 Å². The van der Waals surface area contributed by atoms with Crippen LogP contribution in [0.25, 0.3) is 0 Å². The summed E-state index contributed by atoms with van der Waals surface area (Å²) in [4.78, 5) is 0. The summed E-state index contributed by atoms with van der Waals surface area (Å²) in [6, 6.07) is 5.64. The van der Waals surface area contributed by atoms with Crippen LogP contribution in [0.5, 0.6) is 5.75 Å². The Bertz CT molecular complexity index is 310. The van der Waals surface area contributed by atoms with Crippen LogP contribution in [0.3, 0.4) is 0 Å². The van der Waals surface area contributed by atoms with Gasteiger partial charge in [0.05, 0.1) is 17.7 Å². The maximum Gasteiger partial charge on any atom is 0.133 e. The van der Waals surface area contributed by atoms with E-state index in [-0.39, 0.29) is 5.92 Å². The second-order valence-electron chi connectivity index (χ2n) is 3.58. The Morgan fingerprint density at radius 1 is 1.36 bits per heavy atom. The van der Waals surface area contributed by atoms with Gasteiger partial charge < -0.3 is 9.84 Å². The second-order valence-corrected chi connectivity index (χ2v) is 4.44. The molecule has 3 heteroatoms. The molecule has 0 saturated carbocycles. The van der Waals surface area contributed by atoms with E-state index < -0.39 is 6.10 Å². The zero-order chi connectivity index (χ0) is 10.7. The predicted octanol–water partition coefficient (Wildman–Crippen LogP) is 3.15. The molecule has 1 rings (SSSR count). The van der Waals surface area contributed by atoms with Gasteiger partial charge >= 0.3 is 0 Å². The van der Waals surface area contributed by atoms with Crippen molar-refractivity contribution in [1.82, 2.24) is 0 Å². The molecule has 1 N–H and O–H groups in total. The third kappa shape index (κ3) is 2.49. The van der Waals surface area contributed by atoms with Gasteiger partial charge in [-0.05, 0) is 39.5 Å². The van der Waals surface area contributed by atoms with E-state index in [0.29, 0.717) is 0 Å². The Hall–Kier alpha value is -0.540. The maximum atomic E-state index is 9.84. The van der Waals surface area contributed by atoms with Crippen LogP contribution in [0.2, 0.25) is 0 Å². The number of benzene rings is 1. The standard InChI is InChI=1S/C11H15BrO2/c1-7(2)11(13)8-4-5-9(12)10(6-8)14-3/h4-7,11,13H,1-3H3. The van der Waals surface area contributed by atoms with E-state index in [2.05, 4.69) is 15.9 Å². The highest BCUT2D eigenvalue weighted by Gasteiger charge is 2.13. The number of hydrogen-bond acceptors (Lipinski definition) is 2. The van der Waals surface area contributed by atoms with Gasteiger partial charge in [-0.25, -0.2) is 0 Å². The third-order valence-corrected chi connectivity index (χ3v) is 2.80. The van der Waals surface area contributed by atoms with E-state index in [1.807, 2.05) is 32.0 Å². The van der Waals surface area contributed by atoms with Gasteiger partial charge in [0.25, 0.3) is 0 Å². The number of ether oxygens (including phenoxy) is 1. The predicted molar refractivity (Wildman–Crippen MR) is 60.5 cm³/mol. The normalized spacial score (nSPS) is 13.0. The van der Waals surface area contributed by atoms with Gasteiger partial charge in [0, 0.05) is 0 Å². The fourth-order valence-corrected chi connectivity index (χ4v) is 1.65. The zero-order valence-corrected chi connectivity index (χ0v) is 10.2. The smallest absolute Gasteiger partial charge is 0.133 e. The molecule has 78 valence electrons. The topological polar surface area (TPSA) is 29.5 Å². The summed E-state index contributed by atoms with van der Waals surface area (Å²) >= 11 is 3.37. The molecule has 0 aliphatic carbocycles. The Morgan fingerprint density at radius 2 is 2.00 bits per heavy atom. The molecule has 0 amide bonds. The van der Waals surface area contributed by atoms with E-state index in [4.69, 9.17) is 4.74 Å². The molecule has 1 aromatic carbocycles. The summed E-state index contributed by atoms with van der Waals surface area (Å²) in [5, 5.41) is 9.84. The lowest BCUT2D eigenvalue weighted by atomic mass is 9.99. The quantitative estimate of drug-likeness (QED) is 0.903. The fraction of sp³-hybridized carbons (Fsp3) is 0.455. The fourth-order valence-electron chi connectivity index (χ4n) is 1.25. The molecule has 1 atom stereocenters. The van der Waals surface area contributed by atoms with Gasteiger partial charge in [0.2, 0.25) is 0 Å². The SMILES string of the molecule is COc1cc(C(O)C(C)C)ccc1Br. The average Bonchev–Trinajstić information content (AvgIpc) is 2.17. The summed E-state index contributed by atoms with van der Waals surface area (Å²) in [5.41, 5.74) is 0.889. The summed E-state index contributed by atoms with van der Waals surface area (Å²) in [7, 11) is 1.62. The molecule has 0 fully saturated rings. The van der Waals surface area contributed by atoms with Crippen molar-refractivity contribution >= 4 is 15.9 Å². The number of hydrogen-bond donors (Lipinski definition) is 1. The number of aliphatic hydroxyl groups is 1. The van der Waals surface area contributed by atoms with Crippen LogP contribution in [0, 0.1) is 5.92 Å². The molecule has 1 unspecified atom stereocenters. The van der Waals surface area contributed by atoms with Gasteiger partial charge in [0.15, 0.2) is 0 Å². The number of aliphatic hydroxyl groups excluding tert-OH is 1. The molecule has 1 aromatic rings. The Kier molecular flexibility index (Phi) is 3.96. The Morgan fingerprint density at radius 3 is 2.50 bits per heavy atom. The first-order chi connectivity index (χ1) is 6.56. The minimum absolute atomic E-state index is 0.209. The molecule has 0 bridgehead atoms. The lowest BCUT2D eigenvalue weighted by Crippen LogP contribution is -2.05. The highest BCUT2D eigenvalue weighted by atomic mass is 79.9. The number of methoxy groups -OCH3 is 1. The van der Waals surface area contributed by atoms with E-state index in [0.717, 1.165) is 15.8 Å². The first kappa shape index (κ1) is 11.5. The largest absolute Gasteiger partial charge is 0.496 e. The number of halogens is 1. The van der Waals surface area contributed by atoms with Crippen molar-refractivity contribution in [2.45, 2.75) is 20.0 Å². The number of rotatable bonds is 3. The van der Waals surface area contributed by atoms with Crippen molar-refractivity contribution in [2.75, 3.05) is 7.11 Å². The molecule has 0 heterocycles. The monoisotopic (exact) mass is 258 g/mol. The Labute approximate surface area is 93.0 Å². The van der Waals surface area contributed by atoms with Crippen LogP contribution in [0.4, 0.5) is 0 Å². The molecule has 0 aliphatic rings. The van der Waals surface area contributed by atoms with E-state index >= 15 is 0 Å². The first-order valence-corrected chi connectivity index (χ1v) is 5.37. The van der Waals surface area contributed by atoms with Crippen molar-refractivity contribution in [3.63, 3.8) is 0 Å². The summed E-state index contributed by atoms with van der Waals surface area (Å²) in [6.07, 6.45) is -0.433. The van der Waals surface area contributed by atoms with Crippen molar-refractivity contribution in [1.29, 1.82) is 0 Å². The van der Waals surface area contributed by atoms with Crippen molar-refractivity contribution in [3.05, 3.63) is 28.2 Å². The van der Waals surface area contributed by atoms with Crippen LogP contribution in [0.15, 0.2) is 22.7 Å². The zero-order valence-electron chi connectivity index (χ0n) is 8.62. The molecule has 0 radical (unpaired) electrons. The summed E-state index contributed by atoms with van der Waals surface area (Å²) in [6.45, 7) is 3.97. The van der Waals surface area contributed by atoms with Crippen molar-refractivity contribution in [3.8, 4) is 5.75 Å². The van der Waals surface area contributed by atoms with E-state index in [1.54, 1.807) is 7.11 Å². The average molecular weight is 259 g/mol. The Balaban J connectivity index is 3.00. The van der Waals surface area contributed by atoms with Crippen LogP contribution in [-0.2, 0) is 0 Å².